The second kappa shape index (κ2) is 8.79. The Morgan fingerprint density at radius 1 is 1.46 bits per heavy atom. The number of aromatic hydroxyl groups is 1. The number of phenols is 1. The van der Waals surface area contributed by atoms with Gasteiger partial charge in [-0.25, -0.2) is 4.98 Å². The van der Waals surface area contributed by atoms with Crippen LogP contribution in [0.3, 0.4) is 0 Å². The number of hydrogen-bond acceptors (Lipinski definition) is 9. The summed E-state index contributed by atoms with van der Waals surface area (Å²) in [6.45, 7) is 7.80. The number of nitrogens with one attached hydrogen (secondary N) is 1. The number of aromatic nitrogens is 1. The Bertz CT molecular complexity index is 902. The van der Waals surface area contributed by atoms with Crippen LogP contribution in [-0.2, 0) is 21.4 Å². The molecule has 0 radical (unpaired) electrons. The van der Waals surface area contributed by atoms with Gasteiger partial charge in [0.1, 0.15) is 0 Å². The molecule has 10 heteroatoms. The third-order valence-electron chi connectivity index (χ3n) is 3.73. The van der Waals surface area contributed by atoms with Gasteiger partial charge in [-0.15, -0.1) is 11.3 Å². The lowest BCUT2D eigenvalue weighted by Crippen LogP contribution is -2.12. The van der Waals surface area contributed by atoms with Crippen LogP contribution in [0.15, 0.2) is 22.6 Å². The number of rotatable bonds is 7. The van der Waals surface area contributed by atoms with Crippen molar-refractivity contribution < 1.29 is 19.6 Å². The Kier molecular flexibility index (Phi) is 6.68. The summed E-state index contributed by atoms with van der Waals surface area (Å²) < 4.78 is 4.87. The number of hydrogen-bond donors (Lipinski definition) is 2. The van der Waals surface area contributed by atoms with Crippen molar-refractivity contribution in [2.75, 3.05) is 12.0 Å². The Morgan fingerprint density at radius 2 is 2.18 bits per heavy atom. The summed E-state index contributed by atoms with van der Waals surface area (Å²) in [5, 5.41) is 27.5. The molecule has 9 nitrogen and oxygen atoms in total. The van der Waals surface area contributed by atoms with E-state index in [4.69, 9.17) is 4.74 Å². The molecule has 0 atom stereocenters. The van der Waals surface area contributed by atoms with Crippen molar-refractivity contribution in [3.8, 4) is 5.75 Å². The number of phenolic OH excluding ortho intramolecular Hbond substituents is 1. The van der Waals surface area contributed by atoms with Crippen LogP contribution in [-0.4, -0.2) is 33.8 Å². The number of nitro benzene ring substituents is 1. The van der Waals surface area contributed by atoms with Gasteiger partial charge in [-0.3, -0.25) is 20.3 Å². The summed E-state index contributed by atoms with van der Waals surface area (Å²) in [6, 6.07) is 3.02. The number of thiazole rings is 1. The molecule has 0 aliphatic carbocycles. The fourth-order valence-electron chi connectivity index (χ4n) is 2.27. The van der Waals surface area contributed by atoms with E-state index < -0.39 is 10.7 Å². The van der Waals surface area contributed by atoms with Crippen LogP contribution in [0.5, 0.6) is 5.75 Å². The zero-order chi connectivity index (χ0) is 20.9. The number of nitrogens with zero attached hydrogens (tertiary/aromatic N) is 3. The first-order valence-electron chi connectivity index (χ1n) is 8.52. The lowest BCUT2D eigenvalue weighted by atomic mass is 9.85. The average Bonchev–Trinajstić information content (AvgIpc) is 3.02. The minimum absolute atomic E-state index is 0.0658. The molecule has 0 fully saturated rings. The summed E-state index contributed by atoms with van der Waals surface area (Å²) in [6.07, 6.45) is 1.36. The Morgan fingerprint density at radius 3 is 2.79 bits per heavy atom. The highest BCUT2D eigenvalue weighted by atomic mass is 32.1. The van der Waals surface area contributed by atoms with Gasteiger partial charge in [-0.05, 0) is 24.0 Å². The molecular formula is C18H22N4O5S. The van der Waals surface area contributed by atoms with Crippen molar-refractivity contribution in [2.45, 2.75) is 39.5 Å². The van der Waals surface area contributed by atoms with E-state index in [9.17, 15) is 20.0 Å². The SMILES string of the molecule is CCOC(=O)Cc1csc(NN=Cc2cc(C(C)(C)C)cc([N+](=O)[O-])c2O)n1. The molecule has 1 aromatic carbocycles. The van der Waals surface area contributed by atoms with Gasteiger partial charge in [0.2, 0.25) is 10.9 Å². The largest absolute Gasteiger partial charge is 0.502 e. The van der Waals surface area contributed by atoms with E-state index in [0.29, 0.717) is 23.0 Å². The Hall–Kier alpha value is -3.01. The average molecular weight is 406 g/mol. The monoisotopic (exact) mass is 406 g/mol. The molecule has 2 rings (SSSR count). The van der Waals surface area contributed by atoms with Crippen molar-refractivity contribution >= 4 is 34.3 Å². The van der Waals surface area contributed by atoms with Crippen molar-refractivity contribution in [1.82, 2.24) is 4.98 Å². The minimum atomic E-state index is -0.627. The first-order valence-corrected chi connectivity index (χ1v) is 9.40. The van der Waals surface area contributed by atoms with E-state index in [1.54, 1.807) is 18.4 Å². The highest BCUT2D eigenvalue weighted by molar-refractivity contribution is 7.13. The Labute approximate surface area is 166 Å². The summed E-state index contributed by atoms with van der Waals surface area (Å²) in [5.74, 6) is -0.815. The van der Waals surface area contributed by atoms with Gasteiger partial charge >= 0.3 is 11.7 Å². The first-order chi connectivity index (χ1) is 13.1. The number of hydrazone groups is 1. The molecule has 0 amide bonds. The molecule has 0 unspecified atom stereocenters. The molecule has 2 aromatic rings. The van der Waals surface area contributed by atoms with E-state index in [1.165, 1.54) is 23.6 Å². The lowest BCUT2D eigenvalue weighted by molar-refractivity contribution is -0.386. The third-order valence-corrected chi connectivity index (χ3v) is 4.52. The molecule has 1 aromatic heterocycles. The molecule has 1 heterocycles. The summed E-state index contributed by atoms with van der Waals surface area (Å²) in [4.78, 5) is 26.3. The van der Waals surface area contributed by atoms with Crippen LogP contribution >= 0.6 is 11.3 Å². The highest BCUT2D eigenvalue weighted by Gasteiger charge is 2.23. The van der Waals surface area contributed by atoms with Crippen LogP contribution in [0, 0.1) is 10.1 Å². The van der Waals surface area contributed by atoms with E-state index in [1.807, 2.05) is 20.8 Å². The third kappa shape index (κ3) is 5.49. The fraction of sp³-hybridized carbons (Fsp3) is 0.389. The molecule has 0 spiro atoms. The number of benzene rings is 1. The maximum atomic E-state index is 11.5. The number of carbonyl (C=O) groups is 1. The van der Waals surface area contributed by atoms with Crippen LogP contribution < -0.4 is 5.43 Å². The molecule has 150 valence electrons. The lowest BCUT2D eigenvalue weighted by Gasteiger charge is -2.19. The second-order valence-electron chi connectivity index (χ2n) is 6.94. The van der Waals surface area contributed by atoms with E-state index >= 15 is 0 Å². The van der Waals surface area contributed by atoms with Crippen LogP contribution in [0.2, 0.25) is 0 Å². The van der Waals surface area contributed by atoms with E-state index in [-0.39, 0.29) is 29.1 Å². The van der Waals surface area contributed by atoms with Gasteiger partial charge in [-0.1, -0.05) is 20.8 Å². The van der Waals surface area contributed by atoms with Gasteiger partial charge in [0.25, 0.3) is 0 Å². The molecule has 0 aliphatic rings. The van der Waals surface area contributed by atoms with Gasteiger partial charge in [0.05, 0.1) is 29.9 Å². The molecule has 0 saturated heterocycles. The van der Waals surface area contributed by atoms with Gasteiger partial charge in [0, 0.05) is 17.0 Å². The standard InChI is InChI=1S/C18H22N4O5S/c1-5-27-15(23)8-13-10-28-17(20-13)21-19-9-11-6-12(18(2,3)4)7-14(16(11)24)22(25)26/h6-7,9-10,24H,5,8H2,1-4H3,(H,20,21). The normalized spacial score (nSPS) is 11.6. The number of carbonyl (C=O) groups excluding carboxylic acids is 1. The van der Waals surface area contributed by atoms with E-state index in [0.717, 1.165) is 0 Å². The molecule has 28 heavy (non-hydrogen) atoms. The number of nitro groups is 1. The predicted octanol–water partition coefficient (Wildman–Crippen LogP) is 3.61. The second-order valence-corrected chi connectivity index (χ2v) is 7.79. The zero-order valence-electron chi connectivity index (χ0n) is 16.1. The topological polar surface area (TPSA) is 127 Å². The van der Waals surface area contributed by atoms with Crippen molar-refractivity contribution in [1.29, 1.82) is 0 Å². The van der Waals surface area contributed by atoms with Gasteiger partial charge in [-0.2, -0.15) is 5.10 Å². The quantitative estimate of drug-likeness (QED) is 0.311. The zero-order valence-corrected chi connectivity index (χ0v) is 16.9. The summed E-state index contributed by atoms with van der Waals surface area (Å²) >= 11 is 1.25. The molecule has 0 bridgehead atoms. The highest BCUT2D eigenvalue weighted by Crippen LogP contribution is 2.35. The van der Waals surface area contributed by atoms with Crippen molar-refractivity contribution in [3.63, 3.8) is 0 Å². The molecule has 0 aliphatic heterocycles. The smallest absolute Gasteiger partial charge is 0.311 e. The van der Waals surface area contributed by atoms with E-state index in [2.05, 4.69) is 15.5 Å². The maximum absolute atomic E-state index is 11.5. The number of anilines is 1. The van der Waals surface area contributed by atoms with Crippen molar-refractivity contribution in [3.05, 3.63) is 44.4 Å². The minimum Gasteiger partial charge on any atom is -0.502 e. The van der Waals surface area contributed by atoms with Crippen molar-refractivity contribution in [2.24, 2.45) is 5.10 Å². The fourth-order valence-corrected chi connectivity index (χ4v) is 2.93. The van der Waals surface area contributed by atoms with Gasteiger partial charge in [0.15, 0.2) is 0 Å². The molecule has 2 N–H and O–H groups in total. The number of esters is 1. The first kappa shape index (κ1) is 21.3. The van der Waals surface area contributed by atoms with Gasteiger partial charge < -0.3 is 9.84 Å². The predicted molar refractivity (Wildman–Crippen MR) is 107 cm³/mol. The summed E-state index contributed by atoms with van der Waals surface area (Å²) in [7, 11) is 0. The molecular weight excluding hydrogens is 384 g/mol. The van der Waals surface area contributed by atoms with Crippen LogP contribution in [0.25, 0.3) is 0 Å². The van der Waals surface area contributed by atoms with Crippen LogP contribution in [0.4, 0.5) is 10.8 Å². The maximum Gasteiger partial charge on any atom is 0.311 e. The Balaban J connectivity index is 2.18. The number of ether oxygens (including phenoxy) is 1. The summed E-state index contributed by atoms with van der Waals surface area (Å²) in [5.41, 5.74) is 3.45. The van der Waals surface area contributed by atoms with Crippen LogP contribution in [0.1, 0.15) is 44.5 Å². The molecule has 0 saturated carbocycles.